The number of halogens is 1. The van der Waals surface area contributed by atoms with Gasteiger partial charge in [-0.3, -0.25) is 9.59 Å². The van der Waals surface area contributed by atoms with Crippen LogP contribution in [-0.4, -0.2) is 49.8 Å². The van der Waals surface area contributed by atoms with Crippen molar-refractivity contribution in [3.05, 3.63) is 87.9 Å². The fourth-order valence-electron chi connectivity index (χ4n) is 3.90. The first-order valence-electron chi connectivity index (χ1n) is 12.2. The van der Waals surface area contributed by atoms with E-state index in [4.69, 9.17) is 11.6 Å². The van der Waals surface area contributed by atoms with E-state index >= 15 is 0 Å². The molecule has 0 saturated carbocycles. The van der Waals surface area contributed by atoms with E-state index < -0.39 is 29.8 Å². The minimum absolute atomic E-state index is 0.113. The number of amides is 2. The molecule has 0 radical (unpaired) electrons. The van der Waals surface area contributed by atoms with Crippen LogP contribution in [0.5, 0.6) is 0 Å². The molecule has 0 bridgehead atoms. The molecule has 0 aliphatic carbocycles. The van der Waals surface area contributed by atoms with Crippen LogP contribution in [0.2, 0.25) is 4.34 Å². The van der Waals surface area contributed by atoms with Gasteiger partial charge < -0.3 is 20.8 Å². The van der Waals surface area contributed by atoms with Crippen LogP contribution in [0.25, 0.3) is 16.3 Å². The average molecular weight is 581 g/mol. The second-order valence-electron chi connectivity index (χ2n) is 9.00. The molecule has 10 nitrogen and oxygen atoms in total. The number of rotatable bonds is 10. The molecule has 0 aliphatic heterocycles. The molecule has 0 unspecified atom stereocenters. The maximum atomic E-state index is 13.4. The second-order valence-corrected chi connectivity index (χ2v) is 10.7. The average Bonchev–Trinajstić information content (AvgIpc) is 3.58. The normalized spacial score (nSPS) is 12.4. The minimum Gasteiger partial charge on any atom is -0.480 e. The molecular weight excluding hydrogens is 556 g/mol. The molecule has 2 amide bonds. The summed E-state index contributed by atoms with van der Waals surface area (Å²) in [5.74, 6) is -3.53. The lowest BCUT2D eigenvalue weighted by Crippen LogP contribution is -2.45. The van der Waals surface area contributed by atoms with E-state index in [9.17, 15) is 29.4 Å². The van der Waals surface area contributed by atoms with E-state index in [1.165, 1.54) is 46.5 Å². The number of carboxylic acids is 2. The van der Waals surface area contributed by atoms with Gasteiger partial charge in [0.2, 0.25) is 0 Å². The number of hydrogen-bond donors (Lipinski definition) is 4. The van der Waals surface area contributed by atoms with Gasteiger partial charge in [0.15, 0.2) is 0 Å². The Hall–Kier alpha value is -4.48. The zero-order valence-corrected chi connectivity index (χ0v) is 23.0. The third-order valence-corrected chi connectivity index (χ3v) is 7.53. The number of aromatic nitrogens is 2. The number of carbonyl (C=O) groups is 4. The Morgan fingerprint density at radius 1 is 1.00 bits per heavy atom. The van der Waals surface area contributed by atoms with Crippen molar-refractivity contribution >= 4 is 52.4 Å². The highest BCUT2D eigenvalue weighted by molar-refractivity contribution is 7.19. The number of nitrogens with zero attached hydrogens (tertiary/aromatic N) is 2. The van der Waals surface area contributed by atoms with Gasteiger partial charge in [-0.25, -0.2) is 14.3 Å². The summed E-state index contributed by atoms with van der Waals surface area (Å²) in [7, 11) is 0. The van der Waals surface area contributed by atoms with Gasteiger partial charge in [0.1, 0.15) is 11.7 Å². The molecule has 0 fully saturated rings. The number of thiophene rings is 1. The molecule has 0 aliphatic rings. The van der Waals surface area contributed by atoms with Crippen LogP contribution in [-0.2, 0) is 4.79 Å². The molecule has 4 aromatic rings. The summed E-state index contributed by atoms with van der Waals surface area (Å²) in [6.07, 6.45) is 2.09. The fraction of sp³-hybridized carbons (Fsp3) is 0.179. The van der Waals surface area contributed by atoms with Crippen LogP contribution in [0.1, 0.15) is 51.3 Å². The standard InChI is InChI=1S/C28H25ClN4O6S/c1-3-15(2)23(28(38)39)31-25(34)17-5-4-6-18(13-17)30-26(35)20-14-33(19-9-7-16(8-10-19)27(36)37)32-24(20)21-11-12-22(29)40-21/h4-15,23H,3H2,1-2H3,(H,30,35)(H,31,34)(H,36,37)(H,38,39)/t15-,23-/m1/s1. The lowest BCUT2D eigenvalue weighted by Gasteiger charge is -2.20. The Labute approximate surface area is 238 Å². The Morgan fingerprint density at radius 3 is 2.33 bits per heavy atom. The third-order valence-electron chi connectivity index (χ3n) is 6.29. The molecule has 2 heterocycles. The minimum atomic E-state index is -1.12. The number of anilines is 1. The summed E-state index contributed by atoms with van der Waals surface area (Å²) >= 11 is 7.37. The number of benzene rings is 2. The molecular formula is C28H25ClN4O6S. The smallest absolute Gasteiger partial charge is 0.335 e. The molecule has 0 saturated heterocycles. The first-order valence-corrected chi connectivity index (χ1v) is 13.4. The monoisotopic (exact) mass is 580 g/mol. The SMILES string of the molecule is CC[C@@H](C)[C@@H](NC(=O)c1cccc(NC(=O)c2cn(-c3ccc(C(=O)O)cc3)nc2-c2ccc(Cl)s2)c1)C(=O)O. The van der Waals surface area contributed by atoms with Crippen molar-refractivity contribution in [2.24, 2.45) is 5.92 Å². The number of hydrogen-bond acceptors (Lipinski definition) is 6. The fourth-order valence-corrected chi connectivity index (χ4v) is 4.94. The third kappa shape index (κ3) is 6.38. The van der Waals surface area contributed by atoms with Crippen molar-refractivity contribution in [2.75, 3.05) is 5.32 Å². The maximum Gasteiger partial charge on any atom is 0.335 e. The van der Waals surface area contributed by atoms with Crippen molar-refractivity contribution in [3.63, 3.8) is 0 Å². The molecule has 40 heavy (non-hydrogen) atoms. The summed E-state index contributed by atoms with van der Waals surface area (Å²) in [6.45, 7) is 3.59. The van der Waals surface area contributed by atoms with Crippen LogP contribution in [0.4, 0.5) is 5.69 Å². The van der Waals surface area contributed by atoms with Gasteiger partial charge in [-0.2, -0.15) is 5.10 Å². The van der Waals surface area contributed by atoms with Crippen molar-refractivity contribution in [1.82, 2.24) is 15.1 Å². The highest BCUT2D eigenvalue weighted by Gasteiger charge is 2.26. The van der Waals surface area contributed by atoms with E-state index in [2.05, 4.69) is 15.7 Å². The topological polar surface area (TPSA) is 151 Å². The van der Waals surface area contributed by atoms with Gasteiger partial charge in [0.05, 0.1) is 26.0 Å². The predicted molar refractivity (Wildman–Crippen MR) is 152 cm³/mol. The summed E-state index contributed by atoms with van der Waals surface area (Å²) in [5.41, 5.74) is 1.75. The molecule has 4 rings (SSSR count). The molecule has 2 atom stereocenters. The second kappa shape index (κ2) is 12.1. The Morgan fingerprint density at radius 2 is 1.73 bits per heavy atom. The first-order chi connectivity index (χ1) is 19.1. The Kier molecular flexibility index (Phi) is 8.66. The summed E-state index contributed by atoms with van der Waals surface area (Å²) in [6, 6.07) is 14.6. The maximum absolute atomic E-state index is 13.4. The van der Waals surface area contributed by atoms with Crippen LogP contribution >= 0.6 is 22.9 Å². The van der Waals surface area contributed by atoms with Crippen LogP contribution in [0.15, 0.2) is 66.9 Å². The van der Waals surface area contributed by atoms with Crippen LogP contribution in [0.3, 0.4) is 0 Å². The largest absolute Gasteiger partial charge is 0.480 e. The molecule has 12 heteroatoms. The van der Waals surface area contributed by atoms with E-state index in [0.29, 0.717) is 32.7 Å². The number of carbonyl (C=O) groups excluding carboxylic acids is 2. The van der Waals surface area contributed by atoms with E-state index in [1.807, 2.05) is 6.92 Å². The van der Waals surface area contributed by atoms with Crippen LogP contribution in [0, 0.1) is 5.92 Å². The zero-order chi connectivity index (χ0) is 29.0. The van der Waals surface area contributed by atoms with E-state index in [1.54, 1.807) is 43.3 Å². The molecule has 2 aromatic carbocycles. The number of nitrogens with one attached hydrogen (secondary N) is 2. The van der Waals surface area contributed by atoms with Crippen molar-refractivity contribution < 1.29 is 29.4 Å². The number of aliphatic carboxylic acids is 1. The highest BCUT2D eigenvalue weighted by Crippen LogP contribution is 2.33. The lowest BCUT2D eigenvalue weighted by atomic mass is 9.99. The highest BCUT2D eigenvalue weighted by atomic mass is 35.5. The zero-order valence-electron chi connectivity index (χ0n) is 21.4. The van der Waals surface area contributed by atoms with E-state index in [-0.39, 0.29) is 22.6 Å². The summed E-state index contributed by atoms with van der Waals surface area (Å²) in [5, 5.41) is 28.6. The van der Waals surface area contributed by atoms with Crippen molar-refractivity contribution in [2.45, 2.75) is 26.3 Å². The summed E-state index contributed by atoms with van der Waals surface area (Å²) in [4.78, 5) is 49.7. The van der Waals surface area contributed by atoms with Gasteiger partial charge in [0.25, 0.3) is 11.8 Å². The quantitative estimate of drug-likeness (QED) is 0.195. The van der Waals surface area contributed by atoms with Gasteiger partial charge >= 0.3 is 11.9 Å². The molecule has 0 spiro atoms. The van der Waals surface area contributed by atoms with Gasteiger partial charge in [0, 0.05) is 17.4 Å². The summed E-state index contributed by atoms with van der Waals surface area (Å²) < 4.78 is 1.98. The van der Waals surface area contributed by atoms with Crippen LogP contribution < -0.4 is 10.6 Å². The molecule has 4 N–H and O–H groups in total. The van der Waals surface area contributed by atoms with Crippen molar-refractivity contribution in [3.8, 4) is 16.3 Å². The van der Waals surface area contributed by atoms with Gasteiger partial charge in [-0.15, -0.1) is 11.3 Å². The first kappa shape index (κ1) is 28.5. The number of aromatic carboxylic acids is 1. The lowest BCUT2D eigenvalue weighted by molar-refractivity contribution is -0.140. The van der Waals surface area contributed by atoms with Crippen molar-refractivity contribution in [1.29, 1.82) is 0 Å². The Balaban J connectivity index is 1.61. The molecule has 2 aromatic heterocycles. The number of carboxylic acid groups (broad SMARTS) is 2. The van der Waals surface area contributed by atoms with Gasteiger partial charge in [-0.05, 0) is 60.5 Å². The van der Waals surface area contributed by atoms with Gasteiger partial charge in [-0.1, -0.05) is 37.9 Å². The Bertz CT molecular complexity index is 1580. The predicted octanol–water partition coefficient (Wildman–Crippen LogP) is 5.43. The van der Waals surface area contributed by atoms with E-state index in [0.717, 1.165) is 0 Å². The molecule has 206 valence electrons.